The van der Waals surface area contributed by atoms with Gasteiger partial charge in [-0.3, -0.25) is 18.1 Å². The van der Waals surface area contributed by atoms with Crippen LogP contribution in [0.4, 0.5) is 0 Å². The maximum atomic E-state index is 12.3. The highest BCUT2D eigenvalue weighted by molar-refractivity contribution is 7.47. The monoisotopic (exact) mass is 851 g/mol. The van der Waals surface area contributed by atoms with E-state index in [1.54, 1.807) is 25.5 Å². The first-order chi connectivity index (χ1) is 26.7. The topological polar surface area (TPSA) is 216 Å². The quantitative estimate of drug-likeness (QED) is 0.0680. The molecule has 1 aromatic heterocycles. The lowest BCUT2D eigenvalue weighted by Gasteiger charge is -2.17. The first-order valence-corrected chi connectivity index (χ1v) is 22.5. The third-order valence-electron chi connectivity index (χ3n) is 7.17. The minimum atomic E-state index is -4.19. The molecule has 0 saturated carbocycles. The number of unbranched alkanes of at least 4 members (excludes halogenated alkanes) is 1. The highest BCUT2D eigenvalue weighted by atomic mass is 31.2. The fourth-order valence-corrected chi connectivity index (χ4v) is 6.16. The summed E-state index contributed by atoms with van der Waals surface area (Å²) in [7, 11) is -8.23. The molecule has 0 fully saturated rings. The van der Waals surface area contributed by atoms with Crippen LogP contribution in [0.25, 0.3) is 0 Å². The van der Waals surface area contributed by atoms with Gasteiger partial charge in [0.15, 0.2) is 0 Å². The smallest absolute Gasteiger partial charge is 0.379 e. The summed E-state index contributed by atoms with van der Waals surface area (Å²) in [6.45, 7) is 19.0. The van der Waals surface area contributed by atoms with Gasteiger partial charge in [0.2, 0.25) is 0 Å². The van der Waals surface area contributed by atoms with Gasteiger partial charge >= 0.3 is 15.6 Å². The molecule has 2 N–H and O–H groups in total. The fourth-order valence-electron chi connectivity index (χ4n) is 4.28. The van der Waals surface area contributed by atoms with Crippen LogP contribution in [-0.2, 0) is 78.1 Å². The van der Waals surface area contributed by atoms with E-state index in [0.29, 0.717) is 125 Å². The molecule has 0 amide bonds. The Kier molecular flexibility index (Phi) is 31.1. The van der Waals surface area contributed by atoms with Crippen molar-refractivity contribution in [1.82, 2.24) is 15.0 Å². The maximum Gasteiger partial charge on any atom is 0.472 e. The van der Waals surface area contributed by atoms with E-state index >= 15 is 0 Å². The summed E-state index contributed by atoms with van der Waals surface area (Å²) in [6, 6.07) is 0. The number of hydrogen-bond acceptors (Lipinski definition) is 16. The van der Waals surface area contributed by atoms with Gasteiger partial charge in [-0.2, -0.15) is 0 Å². The maximum absolute atomic E-state index is 12.3. The van der Waals surface area contributed by atoms with Crippen LogP contribution >= 0.6 is 15.6 Å². The van der Waals surface area contributed by atoms with Gasteiger partial charge in [0.05, 0.1) is 130 Å². The van der Waals surface area contributed by atoms with E-state index < -0.39 is 27.9 Å². The zero-order valence-electron chi connectivity index (χ0n) is 34.5. The van der Waals surface area contributed by atoms with Crippen LogP contribution in [-0.4, -0.2) is 156 Å². The lowest BCUT2D eigenvalue weighted by Crippen LogP contribution is -2.15. The molecule has 0 aliphatic heterocycles. The zero-order chi connectivity index (χ0) is 41.4. The molecular formula is C35H71N3O16P2. The molecule has 56 heavy (non-hydrogen) atoms. The van der Waals surface area contributed by atoms with Crippen LogP contribution in [0.3, 0.4) is 0 Å². The third-order valence-corrected chi connectivity index (χ3v) is 9.50. The average molecular weight is 852 g/mol. The van der Waals surface area contributed by atoms with Crippen molar-refractivity contribution in [3.8, 4) is 0 Å². The fraction of sp³-hybridized carbons (Fsp3) is 0.943. The summed E-state index contributed by atoms with van der Waals surface area (Å²) < 4.78 is 89.3. The second-order valence-corrected chi connectivity index (χ2v) is 16.9. The van der Waals surface area contributed by atoms with Gasteiger partial charge in [0.1, 0.15) is 0 Å². The number of nitrogens with zero attached hydrogens (tertiary/aromatic N) is 3. The highest BCUT2D eigenvalue weighted by Gasteiger charge is 2.24. The Morgan fingerprint density at radius 2 is 1.05 bits per heavy atom. The van der Waals surface area contributed by atoms with Crippen LogP contribution < -0.4 is 0 Å². The first kappa shape index (κ1) is 53.1. The minimum absolute atomic E-state index is 0.0626. The summed E-state index contributed by atoms with van der Waals surface area (Å²) in [6.07, 6.45) is 4.28. The van der Waals surface area contributed by atoms with Gasteiger partial charge < -0.3 is 47.7 Å². The molecule has 1 rings (SSSR count). The van der Waals surface area contributed by atoms with Crippen molar-refractivity contribution in [2.24, 2.45) is 5.41 Å². The number of rotatable bonds is 40. The summed E-state index contributed by atoms with van der Waals surface area (Å²) in [5, 5.41) is 8.30. The number of phosphoric ester groups is 2. The molecule has 3 atom stereocenters. The van der Waals surface area contributed by atoms with Gasteiger partial charge in [-0.25, -0.2) is 13.8 Å². The van der Waals surface area contributed by atoms with Gasteiger partial charge in [-0.15, -0.1) is 5.10 Å². The van der Waals surface area contributed by atoms with E-state index in [9.17, 15) is 18.9 Å². The number of aryl methyl sites for hydroxylation is 1. The van der Waals surface area contributed by atoms with Crippen molar-refractivity contribution in [3.63, 3.8) is 0 Å². The Bertz CT molecular complexity index is 1160. The molecule has 0 aliphatic rings. The molecule has 0 aromatic carbocycles. The lowest BCUT2D eigenvalue weighted by molar-refractivity contribution is -0.0152. The van der Waals surface area contributed by atoms with E-state index in [4.69, 9.17) is 56.0 Å². The minimum Gasteiger partial charge on any atom is -0.379 e. The van der Waals surface area contributed by atoms with E-state index in [0.717, 1.165) is 18.7 Å². The summed E-state index contributed by atoms with van der Waals surface area (Å²) >= 11 is 0. The van der Waals surface area contributed by atoms with Crippen molar-refractivity contribution in [2.45, 2.75) is 92.4 Å². The van der Waals surface area contributed by atoms with E-state index in [1.165, 1.54) is 0 Å². The van der Waals surface area contributed by atoms with Gasteiger partial charge in [0, 0.05) is 19.4 Å². The Labute approximate surface area is 333 Å². The number of hydrogen-bond donors (Lipinski definition) is 2. The third kappa shape index (κ3) is 35.0. The standard InChI is InChI=1S/C35H71N3O16P2/c1-32(2)53-55(39,40)52-30-29-50-28-27-49-26-25-48-24-23-46-20-17-43-14-10-33(3)54-56(41,42)51-13-8-7-9-34-31-38(37-36-34)12-16-45-19-22-47-21-18-44-15-11-35(4,5)6/h31-33H,7-30H2,1-6H3,(H,39,40)(H,41,42). The van der Waals surface area contributed by atoms with Crippen molar-refractivity contribution >= 4 is 15.6 Å². The van der Waals surface area contributed by atoms with Crippen molar-refractivity contribution < 1.29 is 74.9 Å². The van der Waals surface area contributed by atoms with E-state index in [-0.39, 0.29) is 25.2 Å². The number of phosphoric acid groups is 2. The van der Waals surface area contributed by atoms with Crippen LogP contribution in [0, 0.1) is 5.41 Å². The predicted octanol–water partition coefficient (Wildman–Crippen LogP) is 4.62. The summed E-state index contributed by atoms with van der Waals surface area (Å²) in [4.78, 5) is 19.5. The summed E-state index contributed by atoms with van der Waals surface area (Å²) in [5.41, 5.74) is 1.10. The van der Waals surface area contributed by atoms with Crippen molar-refractivity contribution in [2.75, 3.05) is 119 Å². The molecule has 1 heterocycles. The largest absolute Gasteiger partial charge is 0.472 e. The number of aromatic nitrogens is 3. The van der Waals surface area contributed by atoms with Crippen LogP contribution in [0.15, 0.2) is 6.20 Å². The van der Waals surface area contributed by atoms with Crippen LogP contribution in [0.1, 0.15) is 72.9 Å². The van der Waals surface area contributed by atoms with Crippen LogP contribution in [0.5, 0.6) is 0 Å². The highest BCUT2D eigenvalue weighted by Crippen LogP contribution is 2.45. The zero-order valence-corrected chi connectivity index (χ0v) is 36.3. The molecule has 3 unspecified atom stereocenters. The van der Waals surface area contributed by atoms with Crippen molar-refractivity contribution in [1.29, 1.82) is 0 Å². The molecule has 19 nitrogen and oxygen atoms in total. The molecule has 0 radical (unpaired) electrons. The molecule has 1 aromatic rings. The SMILES string of the molecule is CC(C)OP(=O)(O)OCCOCCOCCOCCOCCOCCC(C)OP(=O)(O)OCCCCc1cn(CCOCCOCCOCCC(C)(C)C)nn1. The second kappa shape index (κ2) is 32.8. The van der Waals surface area contributed by atoms with Gasteiger partial charge in [0.25, 0.3) is 0 Å². The Morgan fingerprint density at radius 3 is 1.57 bits per heavy atom. The average Bonchev–Trinajstić information content (AvgIpc) is 3.56. The van der Waals surface area contributed by atoms with E-state index in [2.05, 4.69) is 31.1 Å². The molecule has 0 bridgehead atoms. The normalized spacial score (nSPS) is 15.0. The predicted molar refractivity (Wildman–Crippen MR) is 207 cm³/mol. The van der Waals surface area contributed by atoms with Gasteiger partial charge in [-0.05, 0) is 58.3 Å². The molecule has 0 aliphatic carbocycles. The van der Waals surface area contributed by atoms with Gasteiger partial charge in [-0.1, -0.05) is 26.0 Å². The Morgan fingerprint density at radius 1 is 0.607 bits per heavy atom. The number of ether oxygens (including phenoxy) is 8. The summed E-state index contributed by atoms with van der Waals surface area (Å²) in [5.74, 6) is 0. The molecule has 0 saturated heterocycles. The molecule has 0 spiro atoms. The Balaban J connectivity index is 1.90. The molecular weight excluding hydrogens is 780 g/mol. The van der Waals surface area contributed by atoms with Crippen LogP contribution in [0.2, 0.25) is 0 Å². The molecule has 332 valence electrons. The lowest BCUT2D eigenvalue weighted by atomic mass is 9.93. The Hall–Kier alpha value is -0.960. The van der Waals surface area contributed by atoms with Crippen molar-refractivity contribution in [3.05, 3.63) is 11.9 Å². The second-order valence-electron chi connectivity index (χ2n) is 14.1. The molecule has 21 heteroatoms. The van der Waals surface area contributed by atoms with E-state index in [1.807, 2.05) is 6.20 Å². The first-order valence-electron chi connectivity index (χ1n) is 19.5.